The normalized spacial score (nSPS) is 12.2. The molecule has 3 N–H and O–H groups in total. The molecule has 1 rings (SSSR count). The number of carbonyl (C=O) groups excluding carboxylic acids is 1. The quantitative estimate of drug-likeness (QED) is 0.787. The summed E-state index contributed by atoms with van der Waals surface area (Å²) in [5, 5.41) is 9.30. The first-order chi connectivity index (χ1) is 7.49. The highest BCUT2D eigenvalue weighted by Gasteiger charge is 2.21. The van der Waals surface area contributed by atoms with Crippen LogP contribution in [0.25, 0.3) is 0 Å². The van der Waals surface area contributed by atoms with E-state index in [1.807, 2.05) is 0 Å². The maximum atomic E-state index is 12.0. The van der Waals surface area contributed by atoms with E-state index >= 15 is 0 Å². The standard InChI is InChI=1S/C11H15ClN2O2/c1-7(6-15)14(2)11(16)10-8(12)4-3-5-9(10)13/h3-5,7,15H,6,13H2,1-2H3. The summed E-state index contributed by atoms with van der Waals surface area (Å²) in [5.41, 5.74) is 6.33. The summed E-state index contributed by atoms with van der Waals surface area (Å²) >= 11 is 5.93. The smallest absolute Gasteiger partial charge is 0.257 e. The number of benzene rings is 1. The number of anilines is 1. The Morgan fingerprint density at radius 3 is 2.75 bits per heavy atom. The zero-order valence-corrected chi connectivity index (χ0v) is 10.0. The van der Waals surface area contributed by atoms with E-state index in [0.717, 1.165) is 0 Å². The van der Waals surface area contributed by atoms with Gasteiger partial charge >= 0.3 is 0 Å². The Morgan fingerprint density at radius 2 is 2.25 bits per heavy atom. The first-order valence-electron chi connectivity index (χ1n) is 4.91. The molecular weight excluding hydrogens is 228 g/mol. The van der Waals surface area contributed by atoms with Crippen molar-refractivity contribution in [2.24, 2.45) is 0 Å². The summed E-state index contributed by atoms with van der Waals surface area (Å²) in [5.74, 6) is -0.287. The topological polar surface area (TPSA) is 66.6 Å². The highest BCUT2D eigenvalue weighted by atomic mass is 35.5. The van der Waals surface area contributed by atoms with Crippen molar-refractivity contribution in [3.63, 3.8) is 0 Å². The lowest BCUT2D eigenvalue weighted by Crippen LogP contribution is -2.37. The molecule has 0 aliphatic rings. The van der Waals surface area contributed by atoms with E-state index in [4.69, 9.17) is 22.4 Å². The van der Waals surface area contributed by atoms with E-state index in [9.17, 15) is 4.79 Å². The first kappa shape index (κ1) is 12.8. The minimum atomic E-state index is -0.287. The van der Waals surface area contributed by atoms with Crippen LogP contribution in [0.1, 0.15) is 17.3 Å². The number of halogens is 1. The number of hydrogen-bond donors (Lipinski definition) is 2. The van der Waals surface area contributed by atoms with Gasteiger partial charge in [-0.1, -0.05) is 17.7 Å². The van der Waals surface area contributed by atoms with E-state index < -0.39 is 0 Å². The Bertz CT molecular complexity index is 375. The van der Waals surface area contributed by atoms with Crippen molar-refractivity contribution < 1.29 is 9.90 Å². The summed E-state index contributed by atoms with van der Waals surface area (Å²) in [6.45, 7) is 1.64. The third kappa shape index (κ3) is 2.46. The molecule has 1 aromatic carbocycles. The highest BCUT2D eigenvalue weighted by molar-refractivity contribution is 6.34. The Balaban J connectivity index is 3.05. The van der Waals surface area contributed by atoms with Crippen LogP contribution in [0.5, 0.6) is 0 Å². The van der Waals surface area contributed by atoms with Gasteiger partial charge in [-0.3, -0.25) is 4.79 Å². The average molecular weight is 243 g/mol. The fraction of sp³-hybridized carbons (Fsp3) is 0.364. The molecule has 0 aromatic heterocycles. The van der Waals surface area contributed by atoms with Gasteiger partial charge in [-0.15, -0.1) is 0 Å². The summed E-state index contributed by atoms with van der Waals surface area (Å²) in [6.07, 6.45) is 0. The second-order valence-electron chi connectivity index (χ2n) is 3.65. The van der Waals surface area contributed by atoms with Crippen LogP contribution >= 0.6 is 11.6 Å². The van der Waals surface area contributed by atoms with Crippen LogP contribution < -0.4 is 5.73 Å². The van der Waals surface area contributed by atoms with E-state index in [-0.39, 0.29) is 24.1 Å². The molecule has 0 fully saturated rings. The Kier molecular flexibility index (Phi) is 4.15. The molecule has 16 heavy (non-hydrogen) atoms. The third-order valence-electron chi connectivity index (χ3n) is 2.51. The minimum Gasteiger partial charge on any atom is -0.398 e. The largest absolute Gasteiger partial charge is 0.398 e. The average Bonchev–Trinajstić information content (AvgIpc) is 2.26. The molecule has 5 heteroatoms. The van der Waals surface area contributed by atoms with Crippen molar-refractivity contribution >= 4 is 23.2 Å². The molecule has 0 spiro atoms. The zero-order chi connectivity index (χ0) is 12.3. The summed E-state index contributed by atoms with van der Waals surface area (Å²) in [4.78, 5) is 13.5. The molecule has 0 saturated carbocycles. The maximum Gasteiger partial charge on any atom is 0.257 e. The van der Waals surface area contributed by atoms with Gasteiger partial charge in [0.2, 0.25) is 0 Å². The number of carbonyl (C=O) groups is 1. The van der Waals surface area contributed by atoms with Crippen LogP contribution in [0.4, 0.5) is 5.69 Å². The monoisotopic (exact) mass is 242 g/mol. The van der Waals surface area contributed by atoms with E-state index in [2.05, 4.69) is 0 Å². The molecule has 0 aliphatic heterocycles. The van der Waals surface area contributed by atoms with Gasteiger partial charge in [0.15, 0.2) is 0 Å². The van der Waals surface area contributed by atoms with Gasteiger partial charge in [0.25, 0.3) is 5.91 Å². The lowest BCUT2D eigenvalue weighted by molar-refractivity contribution is 0.0683. The number of hydrogen-bond acceptors (Lipinski definition) is 3. The van der Waals surface area contributed by atoms with Gasteiger partial charge in [0.1, 0.15) is 0 Å². The van der Waals surface area contributed by atoms with Gasteiger partial charge in [0, 0.05) is 12.7 Å². The molecule has 4 nitrogen and oxygen atoms in total. The van der Waals surface area contributed by atoms with Crippen LogP contribution in [-0.2, 0) is 0 Å². The molecule has 0 radical (unpaired) electrons. The molecular formula is C11H15ClN2O2. The highest BCUT2D eigenvalue weighted by Crippen LogP contribution is 2.23. The SMILES string of the molecule is CC(CO)N(C)C(=O)c1c(N)cccc1Cl. The second-order valence-corrected chi connectivity index (χ2v) is 4.06. The summed E-state index contributed by atoms with van der Waals surface area (Å²) < 4.78 is 0. The number of aliphatic hydroxyl groups is 1. The van der Waals surface area contributed by atoms with Crippen molar-refractivity contribution in [1.29, 1.82) is 0 Å². The van der Waals surface area contributed by atoms with E-state index in [1.165, 1.54) is 4.90 Å². The van der Waals surface area contributed by atoms with Gasteiger partial charge < -0.3 is 15.7 Å². The van der Waals surface area contributed by atoms with Crippen LogP contribution in [0.15, 0.2) is 18.2 Å². The van der Waals surface area contributed by atoms with E-state index in [1.54, 1.807) is 32.2 Å². The van der Waals surface area contributed by atoms with Crippen molar-refractivity contribution in [2.45, 2.75) is 13.0 Å². The number of nitrogens with zero attached hydrogens (tertiary/aromatic N) is 1. The molecule has 0 saturated heterocycles. The number of amides is 1. The number of nitrogen functional groups attached to an aromatic ring is 1. The lowest BCUT2D eigenvalue weighted by Gasteiger charge is -2.24. The van der Waals surface area contributed by atoms with Gasteiger partial charge in [-0.2, -0.15) is 0 Å². The number of nitrogens with two attached hydrogens (primary N) is 1. The van der Waals surface area contributed by atoms with Crippen LogP contribution in [-0.4, -0.2) is 35.6 Å². The Labute approximate surface area is 99.6 Å². The molecule has 0 bridgehead atoms. The van der Waals surface area contributed by atoms with Gasteiger partial charge in [-0.25, -0.2) is 0 Å². The van der Waals surface area contributed by atoms with Crippen molar-refractivity contribution in [3.8, 4) is 0 Å². The molecule has 1 amide bonds. The van der Waals surface area contributed by atoms with Gasteiger partial charge in [-0.05, 0) is 19.1 Å². The zero-order valence-electron chi connectivity index (χ0n) is 9.27. The van der Waals surface area contributed by atoms with Crippen molar-refractivity contribution in [2.75, 3.05) is 19.4 Å². The fourth-order valence-electron chi connectivity index (χ4n) is 1.27. The van der Waals surface area contributed by atoms with E-state index in [0.29, 0.717) is 10.7 Å². The fourth-order valence-corrected chi connectivity index (χ4v) is 1.53. The maximum absolute atomic E-state index is 12.0. The van der Waals surface area contributed by atoms with Crippen molar-refractivity contribution in [3.05, 3.63) is 28.8 Å². The van der Waals surface area contributed by atoms with Crippen LogP contribution in [0, 0.1) is 0 Å². The Morgan fingerprint density at radius 1 is 1.62 bits per heavy atom. The predicted molar refractivity (Wildman–Crippen MR) is 64.5 cm³/mol. The summed E-state index contributed by atoms with van der Waals surface area (Å²) in [6, 6.07) is 4.64. The second kappa shape index (κ2) is 5.18. The number of rotatable bonds is 3. The molecule has 0 aliphatic carbocycles. The van der Waals surface area contributed by atoms with Gasteiger partial charge in [0.05, 0.1) is 23.2 Å². The molecule has 1 atom stereocenters. The first-order valence-corrected chi connectivity index (χ1v) is 5.28. The van der Waals surface area contributed by atoms with Crippen LogP contribution in [0.3, 0.4) is 0 Å². The Hall–Kier alpha value is -1.26. The van der Waals surface area contributed by atoms with Crippen molar-refractivity contribution in [1.82, 2.24) is 4.90 Å². The molecule has 1 aromatic rings. The molecule has 88 valence electrons. The third-order valence-corrected chi connectivity index (χ3v) is 2.82. The minimum absolute atomic E-state index is 0.105. The predicted octanol–water partition coefficient (Wildman–Crippen LogP) is 1.37. The lowest BCUT2D eigenvalue weighted by atomic mass is 10.1. The summed E-state index contributed by atoms with van der Waals surface area (Å²) in [7, 11) is 1.60. The molecule has 1 unspecified atom stereocenters. The number of likely N-dealkylation sites (N-methyl/N-ethyl adjacent to an activating group) is 1. The number of aliphatic hydroxyl groups excluding tert-OH is 1. The van der Waals surface area contributed by atoms with Crippen LogP contribution in [0.2, 0.25) is 5.02 Å². The molecule has 0 heterocycles.